The Morgan fingerprint density at radius 1 is 0.897 bits per heavy atom. The van der Waals surface area contributed by atoms with Crippen molar-refractivity contribution in [2.75, 3.05) is 0 Å². The first-order valence-electron chi connectivity index (χ1n) is 9.27. The molecule has 0 aliphatic heterocycles. The molecule has 0 fully saturated rings. The molecular weight excluding hydrogens is 360 g/mol. The number of benzene rings is 2. The smallest absolute Gasteiger partial charge is 0.213 e. The van der Waals surface area contributed by atoms with E-state index in [1.807, 2.05) is 66.7 Å². The molecule has 5 heteroatoms. The molecule has 4 N–H and O–H groups in total. The molecule has 0 atom stereocenters. The average Bonchev–Trinajstić information content (AvgIpc) is 2.79. The largest absolute Gasteiger partial charge is 0.487 e. The maximum Gasteiger partial charge on any atom is 0.213 e. The molecule has 0 unspecified atom stereocenters. The highest BCUT2D eigenvalue weighted by Crippen LogP contribution is 2.20. The van der Waals surface area contributed by atoms with Gasteiger partial charge in [-0.05, 0) is 54.1 Å². The Morgan fingerprint density at radius 2 is 1.66 bits per heavy atom. The van der Waals surface area contributed by atoms with E-state index in [2.05, 4.69) is 16.0 Å². The van der Waals surface area contributed by atoms with Crippen molar-refractivity contribution >= 4 is 22.2 Å². The third-order valence-corrected chi connectivity index (χ3v) is 4.66. The van der Waals surface area contributed by atoms with E-state index in [9.17, 15) is 0 Å². The van der Waals surface area contributed by atoms with Crippen LogP contribution in [0.15, 0.2) is 91.4 Å². The van der Waals surface area contributed by atoms with Crippen LogP contribution in [0.3, 0.4) is 0 Å². The monoisotopic (exact) mass is 381 g/mol. The zero-order chi connectivity index (χ0) is 20.1. The van der Waals surface area contributed by atoms with Crippen LogP contribution >= 0.6 is 0 Å². The van der Waals surface area contributed by atoms with Crippen LogP contribution in [0.2, 0.25) is 0 Å². The summed E-state index contributed by atoms with van der Waals surface area (Å²) in [6.45, 7) is 0.397. The van der Waals surface area contributed by atoms with Crippen molar-refractivity contribution in [3.8, 4) is 5.75 Å². The lowest BCUT2D eigenvalue weighted by Gasteiger charge is -2.08. The summed E-state index contributed by atoms with van der Waals surface area (Å²) in [4.78, 5) is 8.66. The fraction of sp³-hybridized carbons (Fsp3) is 0.0417. The SMILES string of the molecule is N/C=C(\C(=[NH2+])c1ccc(OCc2ccc3ccccc3n2)cc1)c1ccncc1. The summed E-state index contributed by atoms with van der Waals surface area (Å²) in [5, 5.41) is 7.46. The predicted molar refractivity (Wildman–Crippen MR) is 115 cm³/mol. The number of nitrogens with zero attached hydrogens (tertiary/aromatic N) is 2. The molecule has 0 saturated carbocycles. The minimum atomic E-state index is 0.397. The molecule has 2 aromatic heterocycles. The summed E-state index contributed by atoms with van der Waals surface area (Å²) in [7, 11) is 0. The van der Waals surface area contributed by atoms with E-state index < -0.39 is 0 Å². The number of ether oxygens (including phenoxy) is 1. The molecular formula is C24H21N4O+. The van der Waals surface area contributed by atoms with Gasteiger partial charge in [0, 0.05) is 29.5 Å². The summed E-state index contributed by atoms with van der Waals surface area (Å²) in [5.41, 5.74) is 10.8. The number of pyridine rings is 2. The van der Waals surface area contributed by atoms with Gasteiger partial charge in [-0.25, -0.2) is 4.98 Å². The van der Waals surface area contributed by atoms with Gasteiger partial charge in [-0.15, -0.1) is 0 Å². The van der Waals surface area contributed by atoms with E-state index >= 15 is 0 Å². The van der Waals surface area contributed by atoms with Gasteiger partial charge in [0.1, 0.15) is 12.4 Å². The van der Waals surface area contributed by atoms with E-state index in [1.54, 1.807) is 12.4 Å². The molecule has 142 valence electrons. The summed E-state index contributed by atoms with van der Waals surface area (Å²) < 4.78 is 5.89. The van der Waals surface area contributed by atoms with Gasteiger partial charge in [-0.3, -0.25) is 10.4 Å². The van der Waals surface area contributed by atoms with Gasteiger partial charge in [0.15, 0.2) is 0 Å². The summed E-state index contributed by atoms with van der Waals surface area (Å²) in [6, 6.07) is 23.4. The molecule has 29 heavy (non-hydrogen) atoms. The molecule has 2 heterocycles. The van der Waals surface area contributed by atoms with Crippen LogP contribution in [-0.4, -0.2) is 15.7 Å². The quantitative estimate of drug-likeness (QED) is 0.503. The molecule has 4 rings (SSSR count). The third kappa shape index (κ3) is 4.14. The molecule has 0 aliphatic rings. The highest BCUT2D eigenvalue weighted by atomic mass is 16.5. The standard InChI is InChI=1S/C24H20N4O/c25-15-22(17-11-13-27-14-12-17)24(26)19-6-9-21(10-7-19)29-16-20-8-5-18-3-1-2-4-23(18)28-20/h1-15,26H,16,25H2/p+1/b22-15-,26-24?. The van der Waals surface area contributed by atoms with E-state index in [1.165, 1.54) is 6.20 Å². The highest BCUT2D eigenvalue weighted by molar-refractivity contribution is 6.28. The first kappa shape index (κ1) is 18.4. The minimum absolute atomic E-state index is 0.397. The Balaban J connectivity index is 1.45. The minimum Gasteiger partial charge on any atom is -0.487 e. The summed E-state index contributed by atoms with van der Waals surface area (Å²) in [5.74, 6) is 0.749. The highest BCUT2D eigenvalue weighted by Gasteiger charge is 2.15. The molecule has 4 aromatic rings. The molecule has 0 spiro atoms. The van der Waals surface area contributed by atoms with Gasteiger partial charge in [-0.1, -0.05) is 24.3 Å². The van der Waals surface area contributed by atoms with Crippen molar-refractivity contribution in [1.82, 2.24) is 9.97 Å². The predicted octanol–water partition coefficient (Wildman–Crippen LogP) is 2.76. The second kappa shape index (κ2) is 8.35. The van der Waals surface area contributed by atoms with Crippen molar-refractivity contribution < 1.29 is 10.1 Å². The molecule has 0 bridgehead atoms. The number of allylic oxidation sites excluding steroid dienone is 1. The van der Waals surface area contributed by atoms with E-state index in [0.29, 0.717) is 12.3 Å². The van der Waals surface area contributed by atoms with Crippen molar-refractivity contribution in [3.63, 3.8) is 0 Å². The molecule has 0 radical (unpaired) electrons. The molecule has 5 nitrogen and oxygen atoms in total. The molecule has 0 saturated heterocycles. The second-order valence-corrected chi connectivity index (χ2v) is 6.54. The Bertz CT molecular complexity index is 1170. The number of hydrogen-bond acceptors (Lipinski definition) is 4. The Kier molecular flexibility index (Phi) is 5.29. The summed E-state index contributed by atoms with van der Waals surface area (Å²) in [6.07, 6.45) is 4.94. The second-order valence-electron chi connectivity index (χ2n) is 6.54. The van der Waals surface area contributed by atoms with Crippen LogP contribution in [0.4, 0.5) is 0 Å². The van der Waals surface area contributed by atoms with Crippen LogP contribution < -0.4 is 15.9 Å². The van der Waals surface area contributed by atoms with Crippen molar-refractivity contribution in [1.29, 1.82) is 0 Å². The third-order valence-electron chi connectivity index (χ3n) is 4.66. The Hall–Kier alpha value is -3.99. The van der Waals surface area contributed by atoms with Crippen LogP contribution in [0.5, 0.6) is 5.75 Å². The fourth-order valence-corrected chi connectivity index (χ4v) is 3.11. The lowest BCUT2D eigenvalue weighted by atomic mass is 9.97. The fourth-order valence-electron chi connectivity index (χ4n) is 3.11. The van der Waals surface area contributed by atoms with Gasteiger partial charge in [-0.2, -0.15) is 0 Å². The van der Waals surface area contributed by atoms with Gasteiger partial charge in [0.25, 0.3) is 0 Å². The molecule has 2 aromatic carbocycles. The van der Waals surface area contributed by atoms with E-state index in [4.69, 9.17) is 15.9 Å². The number of aromatic nitrogens is 2. The maximum absolute atomic E-state index is 6.35. The van der Waals surface area contributed by atoms with Crippen molar-refractivity contribution in [2.45, 2.75) is 6.61 Å². The lowest BCUT2D eigenvalue weighted by Crippen LogP contribution is -2.41. The van der Waals surface area contributed by atoms with Crippen molar-refractivity contribution in [2.24, 2.45) is 5.73 Å². The maximum atomic E-state index is 6.35. The Labute approximate surface area is 169 Å². The van der Waals surface area contributed by atoms with Gasteiger partial charge in [0.2, 0.25) is 5.71 Å². The molecule has 0 amide bonds. The zero-order valence-electron chi connectivity index (χ0n) is 15.8. The zero-order valence-corrected chi connectivity index (χ0v) is 15.8. The van der Waals surface area contributed by atoms with Gasteiger partial charge >= 0.3 is 0 Å². The first-order valence-corrected chi connectivity index (χ1v) is 9.27. The Morgan fingerprint density at radius 3 is 2.41 bits per heavy atom. The summed E-state index contributed by atoms with van der Waals surface area (Å²) >= 11 is 0. The number of nitrogens with two attached hydrogens (primary N) is 2. The van der Waals surface area contributed by atoms with Crippen LogP contribution in [0, 0.1) is 0 Å². The number of hydrogen-bond donors (Lipinski definition) is 2. The number of fused-ring (bicyclic) bond motifs is 1. The van der Waals surface area contributed by atoms with Gasteiger partial charge in [0.05, 0.1) is 16.8 Å². The van der Waals surface area contributed by atoms with Crippen molar-refractivity contribution in [3.05, 3.63) is 108 Å². The van der Waals surface area contributed by atoms with Crippen LogP contribution in [-0.2, 0) is 6.61 Å². The number of rotatable bonds is 6. The topological polar surface area (TPSA) is 86.6 Å². The first-order chi connectivity index (χ1) is 14.2. The number of para-hydroxylation sites is 1. The van der Waals surface area contributed by atoms with E-state index in [-0.39, 0.29) is 0 Å². The average molecular weight is 381 g/mol. The molecule has 0 aliphatic carbocycles. The van der Waals surface area contributed by atoms with Crippen LogP contribution in [0.1, 0.15) is 16.8 Å². The lowest BCUT2D eigenvalue weighted by molar-refractivity contribution is -0.110. The van der Waals surface area contributed by atoms with Gasteiger partial charge < -0.3 is 10.5 Å². The van der Waals surface area contributed by atoms with E-state index in [0.717, 1.165) is 39.0 Å². The normalized spacial score (nSPS) is 11.4. The van der Waals surface area contributed by atoms with Crippen LogP contribution in [0.25, 0.3) is 16.5 Å².